The van der Waals surface area contributed by atoms with Gasteiger partial charge >= 0.3 is 0 Å². The molecule has 0 aromatic heterocycles. The van der Waals surface area contributed by atoms with Crippen LogP contribution in [-0.4, -0.2) is 36.7 Å². The molecular weight excluding hydrogens is 284 g/mol. The van der Waals surface area contributed by atoms with Gasteiger partial charge in [0.1, 0.15) is 0 Å². The van der Waals surface area contributed by atoms with Crippen molar-refractivity contribution in [2.45, 2.75) is 30.1 Å². The minimum atomic E-state index is -0.244. The first-order chi connectivity index (χ1) is 10.2. The Bertz CT molecular complexity index is 447. The van der Waals surface area contributed by atoms with Gasteiger partial charge in [0.15, 0.2) is 0 Å². The Hall–Kier alpha value is -1.04. The summed E-state index contributed by atoms with van der Waals surface area (Å²) in [5, 5.41) is 3.05. The highest BCUT2D eigenvalue weighted by Crippen LogP contribution is 2.33. The van der Waals surface area contributed by atoms with Gasteiger partial charge in [-0.1, -0.05) is 30.3 Å². The summed E-state index contributed by atoms with van der Waals surface area (Å²) in [4.78, 5) is 12.1. The van der Waals surface area contributed by atoms with E-state index in [1.807, 2.05) is 42.1 Å². The summed E-state index contributed by atoms with van der Waals surface area (Å²) in [5.41, 5.74) is 7.08. The highest BCUT2D eigenvalue weighted by atomic mass is 32.2. The fourth-order valence-corrected chi connectivity index (χ4v) is 3.34. The monoisotopic (exact) mass is 308 g/mol. The van der Waals surface area contributed by atoms with Gasteiger partial charge in [-0.3, -0.25) is 4.79 Å². The molecule has 0 saturated carbocycles. The maximum absolute atomic E-state index is 12.1. The Morgan fingerprint density at radius 2 is 2.05 bits per heavy atom. The van der Waals surface area contributed by atoms with Crippen molar-refractivity contribution in [3.8, 4) is 0 Å². The number of rotatable bonds is 6. The van der Waals surface area contributed by atoms with Crippen molar-refractivity contribution < 1.29 is 9.53 Å². The zero-order valence-electron chi connectivity index (χ0n) is 12.5. The number of hydrogen-bond donors (Lipinski definition) is 2. The molecule has 1 saturated heterocycles. The van der Waals surface area contributed by atoms with Crippen LogP contribution in [0.15, 0.2) is 30.3 Å². The van der Waals surface area contributed by atoms with E-state index < -0.39 is 0 Å². The number of hydrogen-bond acceptors (Lipinski definition) is 4. The fraction of sp³-hybridized carbons (Fsp3) is 0.562. The molecule has 1 heterocycles. The number of nitrogens with two attached hydrogens (primary N) is 1. The standard InChI is InChI=1S/C16H24N2O2S/c1-21-16(7-9-20-10-8-16)12-18-15(19)11-14(17)13-5-3-2-4-6-13/h2-6,14H,7-12,17H2,1H3,(H,18,19). The Kier molecular flexibility index (Phi) is 6.08. The molecule has 2 rings (SSSR count). The van der Waals surface area contributed by atoms with Crippen LogP contribution in [0.1, 0.15) is 30.9 Å². The Morgan fingerprint density at radius 3 is 2.67 bits per heavy atom. The summed E-state index contributed by atoms with van der Waals surface area (Å²) < 4.78 is 5.53. The first kappa shape index (κ1) is 16.3. The second kappa shape index (κ2) is 7.82. The summed E-state index contributed by atoms with van der Waals surface area (Å²) in [6.45, 7) is 2.25. The van der Waals surface area contributed by atoms with Gasteiger partial charge in [0.05, 0.1) is 0 Å². The van der Waals surface area contributed by atoms with E-state index in [9.17, 15) is 4.79 Å². The topological polar surface area (TPSA) is 64.4 Å². The molecule has 21 heavy (non-hydrogen) atoms. The smallest absolute Gasteiger partial charge is 0.221 e. The minimum Gasteiger partial charge on any atom is -0.381 e. The molecule has 1 fully saturated rings. The molecule has 0 spiro atoms. The molecule has 3 N–H and O–H groups in total. The predicted molar refractivity (Wildman–Crippen MR) is 87.3 cm³/mol. The average Bonchev–Trinajstić information content (AvgIpc) is 2.54. The molecule has 1 aliphatic heterocycles. The lowest BCUT2D eigenvalue weighted by Gasteiger charge is -2.35. The van der Waals surface area contributed by atoms with Gasteiger partial charge in [0, 0.05) is 37.0 Å². The highest BCUT2D eigenvalue weighted by Gasteiger charge is 2.32. The summed E-state index contributed by atoms with van der Waals surface area (Å²) in [6.07, 6.45) is 4.40. The maximum Gasteiger partial charge on any atom is 0.221 e. The third-order valence-electron chi connectivity index (χ3n) is 4.08. The van der Waals surface area contributed by atoms with Gasteiger partial charge in [-0.05, 0) is 24.7 Å². The maximum atomic E-state index is 12.1. The molecule has 1 aromatic carbocycles. The van der Waals surface area contributed by atoms with E-state index in [0.717, 1.165) is 31.6 Å². The van der Waals surface area contributed by atoms with Crippen molar-refractivity contribution in [2.75, 3.05) is 26.0 Å². The van der Waals surface area contributed by atoms with Crippen molar-refractivity contribution in [2.24, 2.45) is 5.73 Å². The number of benzene rings is 1. The van der Waals surface area contributed by atoms with Gasteiger partial charge in [-0.15, -0.1) is 0 Å². The van der Waals surface area contributed by atoms with Crippen LogP contribution in [0.3, 0.4) is 0 Å². The molecule has 1 aliphatic rings. The average molecular weight is 308 g/mol. The second-order valence-electron chi connectivity index (χ2n) is 5.50. The van der Waals surface area contributed by atoms with E-state index >= 15 is 0 Å². The molecule has 4 nitrogen and oxygen atoms in total. The Morgan fingerprint density at radius 1 is 1.38 bits per heavy atom. The minimum absolute atomic E-state index is 0.0197. The van der Waals surface area contributed by atoms with Crippen LogP contribution in [0.4, 0.5) is 0 Å². The second-order valence-corrected chi connectivity index (χ2v) is 6.77. The fourth-order valence-electron chi connectivity index (χ4n) is 2.55. The highest BCUT2D eigenvalue weighted by molar-refractivity contribution is 8.00. The summed E-state index contributed by atoms with van der Waals surface area (Å²) >= 11 is 1.82. The van der Waals surface area contributed by atoms with Crippen LogP contribution in [0.25, 0.3) is 0 Å². The van der Waals surface area contributed by atoms with Crippen LogP contribution in [0.2, 0.25) is 0 Å². The zero-order valence-corrected chi connectivity index (χ0v) is 13.3. The molecule has 1 aromatic rings. The first-order valence-corrected chi connectivity index (χ1v) is 8.58. The lowest BCUT2D eigenvalue weighted by Crippen LogP contribution is -2.44. The lowest BCUT2D eigenvalue weighted by molar-refractivity contribution is -0.121. The molecule has 0 bridgehead atoms. The molecule has 1 unspecified atom stereocenters. The van der Waals surface area contributed by atoms with Crippen molar-refractivity contribution in [3.63, 3.8) is 0 Å². The number of amides is 1. The summed E-state index contributed by atoms with van der Waals surface area (Å²) in [6, 6.07) is 9.50. The number of thioether (sulfide) groups is 1. The van der Waals surface area contributed by atoms with E-state index in [1.165, 1.54) is 0 Å². The van der Waals surface area contributed by atoms with E-state index in [0.29, 0.717) is 13.0 Å². The van der Waals surface area contributed by atoms with Crippen molar-refractivity contribution in [1.82, 2.24) is 5.32 Å². The predicted octanol–water partition coefficient (Wildman–Crippen LogP) is 2.10. The van der Waals surface area contributed by atoms with Crippen molar-refractivity contribution >= 4 is 17.7 Å². The molecular formula is C16H24N2O2S. The van der Waals surface area contributed by atoms with E-state index in [-0.39, 0.29) is 16.7 Å². The largest absolute Gasteiger partial charge is 0.381 e. The SMILES string of the molecule is CSC1(CNC(=O)CC(N)c2ccccc2)CCOCC1. The van der Waals surface area contributed by atoms with Crippen molar-refractivity contribution in [1.29, 1.82) is 0 Å². The molecule has 0 radical (unpaired) electrons. The first-order valence-electron chi connectivity index (χ1n) is 7.35. The molecule has 1 atom stereocenters. The molecule has 0 aliphatic carbocycles. The van der Waals surface area contributed by atoms with Gasteiger partial charge in [0.25, 0.3) is 0 Å². The normalized spacial score (nSPS) is 19.0. The number of carbonyl (C=O) groups excluding carboxylic acids is 1. The van der Waals surface area contributed by atoms with Crippen LogP contribution < -0.4 is 11.1 Å². The summed E-state index contributed by atoms with van der Waals surface area (Å²) in [5.74, 6) is 0.0197. The van der Waals surface area contributed by atoms with Gasteiger partial charge in [-0.25, -0.2) is 0 Å². The van der Waals surface area contributed by atoms with Crippen LogP contribution >= 0.6 is 11.8 Å². The van der Waals surface area contributed by atoms with E-state index in [2.05, 4.69) is 11.6 Å². The van der Waals surface area contributed by atoms with Crippen LogP contribution in [0, 0.1) is 0 Å². The van der Waals surface area contributed by atoms with Gasteiger partial charge < -0.3 is 15.8 Å². The third-order valence-corrected chi connectivity index (χ3v) is 5.50. The quantitative estimate of drug-likeness (QED) is 0.845. The molecule has 5 heteroatoms. The molecule has 116 valence electrons. The van der Waals surface area contributed by atoms with Gasteiger partial charge in [0.2, 0.25) is 5.91 Å². The Labute approximate surface area is 130 Å². The molecule has 1 amide bonds. The lowest BCUT2D eigenvalue weighted by atomic mass is 9.98. The number of carbonyl (C=O) groups is 1. The number of nitrogens with one attached hydrogen (secondary N) is 1. The summed E-state index contributed by atoms with van der Waals surface area (Å²) in [7, 11) is 0. The van der Waals surface area contributed by atoms with E-state index in [1.54, 1.807) is 0 Å². The third kappa shape index (κ3) is 4.73. The van der Waals surface area contributed by atoms with Crippen molar-refractivity contribution in [3.05, 3.63) is 35.9 Å². The van der Waals surface area contributed by atoms with E-state index in [4.69, 9.17) is 10.5 Å². The Balaban J connectivity index is 1.81. The van der Waals surface area contributed by atoms with Gasteiger partial charge in [-0.2, -0.15) is 11.8 Å². The zero-order chi connectivity index (χ0) is 15.1. The number of ether oxygens (including phenoxy) is 1. The van der Waals surface area contributed by atoms with Crippen LogP contribution in [0.5, 0.6) is 0 Å². The van der Waals surface area contributed by atoms with Crippen LogP contribution in [-0.2, 0) is 9.53 Å².